The highest BCUT2D eigenvalue weighted by Crippen LogP contribution is 2.19. The first-order valence-electron chi connectivity index (χ1n) is 5.06. The molecule has 0 atom stereocenters. The lowest BCUT2D eigenvalue weighted by molar-refractivity contribution is 1.23. The third-order valence-corrected chi connectivity index (χ3v) is 2.22. The van der Waals surface area contributed by atoms with Crippen molar-refractivity contribution >= 4 is 5.57 Å². The van der Waals surface area contributed by atoms with E-state index in [4.69, 9.17) is 0 Å². The predicted octanol–water partition coefficient (Wildman–Crippen LogP) is 4.36. The molecule has 1 aromatic rings. The van der Waals surface area contributed by atoms with Crippen molar-refractivity contribution in [1.29, 1.82) is 0 Å². The zero-order chi connectivity index (χ0) is 10.6. The van der Waals surface area contributed by atoms with Crippen LogP contribution < -0.4 is 0 Å². The van der Waals surface area contributed by atoms with Crippen LogP contribution >= 0.6 is 0 Å². The van der Waals surface area contributed by atoms with E-state index in [1.54, 1.807) is 0 Å². The van der Waals surface area contributed by atoms with E-state index < -0.39 is 0 Å². The van der Waals surface area contributed by atoms with Crippen molar-refractivity contribution in [2.24, 2.45) is 0 Å². The minimum absolute atomic E-state index is 1.05. The van der Waals surface area contributed by atoms with Gasteiger partial charge in [-0.1, -0.05) is 55.0 Å². The fraction of sp³-hybridized carbons (Fsp3) is 0.286. The van der Waals surface area contributed by atoms with Crippen LogP contribution in [0.15, 0.2) is 42.5 Å². The Bertz CT molecular complexity index is 339. The standard InChI is InChI=1S/C14H18/c1-5-13(10-11(2)3)14-8-6-12(4)7-9-14/h6-10H,2,5H2,1,3-4H3/b13-10+. The SMILES string of the molecule is C=C(C)/C=C(\CC)c1ccc(C)cc1. The molecule has 1 rings (SSSR count). The lowest BCUT2D eigenvalue weighted by Gasteiger charge is -2.05. The summed E-state index contributed by atoms with van der Waals surface area (Å²) in [6.45, 7) is 10.2. The van der Waals surface area contributed by atoms with Gasteiger partial charge in [0.1, 0.15) is 0 Å². The van der Waals surface area contributed by atoms with E-state index >= 15 is 0 Å². The Labute approximate surface area is 87.0 Å². The molecule has 0 N–H and O–H groups in total. The summed E-state index contributed by atoms with van der Waals surface area (Å²) in [5.74, 6) is 0. The summed E-state index contributed by atoms with van der Waals surface area (Å²) in [4.78, 5) is 0. The van der Waals surface area contributed by atoms with Crippen LogP contribution in [0.2, 0.25) is 0 Å². The van der Waals surface area contributed by atoms with Gasteiger partial charge in [0.05, 0.1) is 0 Å². The predicted molar refractivity (Wildman–Crippen MR) is 64.3 cm³/mol. The van der Waals surface area contributed by atoms with Crippen LogP contribution in [0.5, 0.6) is 0 Å². The molecule has 0 aliphatic carbocycles. The van der Waals surface area contributed by atoms with Gasteiger partial charge in [0.15, 0.2) is 0 Å². The summed E-state index contributed by atoms with van der Waals surface area (Å²) in [5.41, 5.74) is 5.08. The fourth-order valence-corrected chi connectivity index (χ4v) is 1.45. The zero-order valence-electron chi connectivity index (χ0n) is 9.30. The van der Waals surface area contributed by atoms with E-state index in [0.29, 0.717) is 0 Å². The van der Waals surface area contributed by atoms with E-state index in [-0.39, 0.29) is 0 Å². The second-order valence-electron chi connectivity index (χ2n) is 3.74. The molecule has 0 radical (unpaired) electrons. The number of aryl methyl sites for hydroxylation is 1. The van der Waals surface area contributed by atoms with Crippen molar-refractivity contribution in [3.05, 3.63) is 53.6 Å². The van der Waals surface area contributed by atoms with Gasteiger partial charge in [-0.2, -0.15) is 0 Å². The molecular weight excluding hydrogens is 168 g/mol. The smallest absolute Gasteiger partial charge is 0.0224 e. The van der Waals surface area contributed by atoms with Crippen molar-refractivity contribution < 1.29 is 0 Å². The van der Waals surface area contributed by atoms with Gasteiger partial charge in [0, 0.05) is 0 Å². The van der Waals surface area contributed by atoms with Gasteiger partial charge in [-0.05, 0) is 31.4 Å². The molecule has 0 saturated carbocycles. The summed E-state index contributed by atoms with van der Waals surface area (Å²) in [6, 6.07) is 8.65. The van der Waals surface area contributed by atoms with Gasteiger partial charge in [-0.3, -0.25) is 0 Å². The first kappa shape index (κ1) is 10.8. The second kappa shape index (κ2) is 4.80. The minimum atomic E-state index is 1.05. The zero-order valence-corrected chi connectivity index (χ0v) is 9.30. The quantitative estimate of drug-likeness (QED) is 0.615. The number of benzene rings is 1. The van der Waals surface area contributed by atoms with Crippen LogP contribution in [0.4, 0.5) is 0 Å². The van der Waals surface area contributed by atoms with E-state index in [2.05, 4.69) is 50.8 Å². The Morgan fingerprint density at radius 2 is 1.86 bits per heavy atom. The Morgan fingerprint density at radius 1 is 1.29 bits per heavy atom. The molecular formula is C14H18. The summed E-state index contributed by atoms with van der Waals surface area (Å²) >= 11 is 0. The van der Waals surface area contributed by atoms with Gasteiger partial charge in [0.2, 0.25) is 0 Å². The van der Waals surface area contributed by atoms with E-state index in [1.807, 2.05) is 6.92 Å². The number of rotatable bonds is 3. The molecule has 0 heterocycles. The molecule has 0 saturated heterocycles. The van der Waals surface area contributed by atoms with Crippen molar-refractivity contribution in [3.8, 4) is 0 Å². The lowest BCUT2D eigenvalue weighted by Crippen LogP contribution is -1.83. The first-order valence-corrected chi connectivity index (χ1v) is 5.06. The van der Waals surface area contributed by atoms with Crippen LogP contribution in [-0.2, 0) is 0 Å². The van der Waals surface area contributed by atoms with Crippen molar-refractivity contribution in [2.75, 3.05) is 0 Å². The lowest BCUT2D eigenvalue weighted by atomic mass is 10.0. The molecule has 0 bridgehead atoms. The van der Waals surface area contributed by atoms with Crippen LogP contribution in [-0.4, -0.2) is 0 Å². The maximum absolute atomic E-state index is 3.91. The fourth-order valence-electron chi connectivity index (χ4n) is 1.45. The average Bonchev–Trinajstić information content (AvgIpc) is 2.15. The average molecular weight is 186 g/mol. The molecule has 0 fully saturated rings. The highest BCUT2D eigenvalue weighted by Gasteiger charge is 1.97. The third kappa shape index (κ3) is 2.88. The minimum Gasteiger partial charge on any atom is -0.0961 e. The number of hydrogen-bond acceptors (Lipinski definition) is 0. The van der Waals surface area contributed by atoms with Crippen molar-refractivity contribution in [3.63, 3.8) is 0 Å². The summed E-state index contributed by atoms with van der Waals surface area (Å²) in [6.07, 6.45) is 3.21. The molecule has 0 amide bonds. The molecule has 0 nitrogen and oxygen atoms in total. The molecule has 0 heteroatoms. The Morgan fingerprint density at radius 3 is 2.29 bits per heavy atom. The maximum atomic E-state index is 3.91. The summed E-state index contributed by atoms with van der Waals surface area (Å²) in [7, 11) is 0. The summed E-state index contributed by atoms with van der Waals surface area (Å²) < 4.78 is 0. The van der Waals surface area contributed by atoms with Crippen molar-refractivity contribution in [1.82, 2.24) is 0 Å². The third-order valence-electron chi connectivity index (χ3n) is 2.22. The van der Waals surface area contributed by atoms with Crippen LogP contribution in [0.1, 0.15) is 31.4 Å². The van der Waals surface area contributed by atoms with E-state index in [0.717, 1.165) is 12.0 Å². The molecule has 0 spiro atoms. The van der Waals surface area contributed by atoms with Crippen LogP contribution in [0.25, 0.3) is 5.57 Å². The van der Waals surface area contributed by atoms with Crippen molar-refractivity contribution in [2.45, 2.75) is 27.2 Å². The van der Waals surface area contributed by atoms with E-state index in [9.17, 15) is 0 Å². The molecule has 0 unspecified atom stereocenters. The van der Waals surface area contributed by atoms with Crippen LogP contribution in [0, 0.1) is 6.92 Å². The normalized spacial score (nSPS) is 11.5. The first-order chi connectivity index (χ1) is 6.63. The molecule has 74 valence electrons. The second-order valence-corrected chi connectivity index (χ2v) is 3.74. The van der Waals surface area contributed by atoms with Gasteiger partial charge in [-0.15, -0.1) is 0 Å². The largest absolute Gasteiger partial charge is 0.0961 e. The molecule has 14 heavy (non-hydrogen) atoms. The summed E-state index contributed by atoms with van der Waals surface area (Å²) in [5, 5.41) is 0. The molecule has 0 aromatic heterocycles. The van der Waals surface area contributed by atoms with Crippen LogP contribution in [0.3, 0.4) is 0 Å². The maximum Gasteiger partial charge on any atom is -0.0224 e. The Hall–Kier alpha value is -1.30. The van der Waals surface area contributed by atoms with Gasteiger partial charge >= 0.3 is 0 Å². The Balaban J connectivity index is 3.01. The Kier molecular flexibility index (Phi) is 3.70. The highest BCUT2D eigenvalue weighted by molar-refractivity contribution is 5.67. The number of allylic oxidation sites excluding steroid dienone is 3. The molecule has 0 aliphatic heterocycles. The number of hydrogen-bond donors (Lipinski definition) is 0. The highest BCUT2D eigenvalue weighted by atomic mass is 14.0. The molecule has 0 aliphatic rings. The van der Waals surface area contributed by atoms with Gasteiger partial charge < -0.3 is 0 Å². The monoisotopic (exact) mass is 186 g/mol. The molecule has 1 aromatic carbocycles. The van der Waals surface area contributed by atoms with Gasteiger partial charge in [0.25, 0.3) is 0 Å². The van der Waals surface area contributed by atoms with E-state index in [1.165, 1.54) is 16.7 Å². The topological polar surface area (TPSA) is 0 Å². The van der Waals surface area contributed by atoms with Gasteiger partial charge in [-0.25, -0.2) is 0 Å².